The first-order valence-electron chi connectivity index (χ1n) is 8.88. The lowest BCUT2D eigenvalue weighted by Gasteiger charge is -2.34. The number of rotatable bonds is 5. The number of hydrogen-bond donors (Lipinski definition) is 2. The van der Waals surface area contributed by atoms with E-state index in [-0.39, 0.29) is 25.1 Å². The minimum Gasteiger partial charge on any atom is -0.394 e. The normalized spacial score (nSPS) is 16.5. The van der Waals surface area contributed by atoms with Crippen LogP contribution in [-0.4, -0.2) is 61.0 Å². The Morgan fingerprint density at radius 1 is 1.32 bits per heavy atom. The first-order valence-corrected chi connectivity index (χ1v) is 8.88. The minimum absolute atomic E-state index is 0.131. The lowest BCUT2D eigenvalue weighted by atomic mass is 10.1. The summed E-state index contributed by atoms with van der Waals surface area (Å²) in [4.78, 5) is 18.4. The molecule has 9 nitrogen and oxygen atoms in total. The summed E-state index contributed by atoms with van der Waals surface area (Å²) in [5.74, 6) is -2.94. The Kier molecular flexibility index (Phi) is 4.67. The molecule has 1 aliphatic rings. The van der Waals surface area contributed by atoms with Gasteiger partial charge in [-0.3, -0.25) is 4.79 Å². The molecule has 3 aromatic heterocycles. The average Bonchev–Trinajstić information content (AvgIpc) is 3.25. The fraction of sp³-hybridized carbons (Fsp3) is 0.412. The standard InChI is InChI=1S/C17H19F2N7O2/c18-17(19)3-1-5-24(11-17)16-13(10-22-26(16)7-8-27)23-15(28)12-9-21-25-6-2-4-20-14(12)25/h2,4,6,9-10,27H,1,3,5,7-8,11H2,(H,23,28). The van der Waals surface area contributed by atoms with E-state index >= 15 is 0 Å². The third-order valence-corrected chi connectivity index (χ3v) is 4.59. The molecular formula is C17H19F2N7O2. The predicted molar refractivity (Wildman–Crippen MR) is 96.6 cm³/mol. The van der Waals surface area contributed by atoms with E-state index in [0.717, 1.165) is 0 Å². The van der Waals surface area contributed by atoms with Gasteiger partial charge in [0.25, 0.3) is 11.8 Å². The van der Waals surface area contributed by atoms with Crippen molar-refractivity contribution in [2.45, 2.75) is 25.3 Å². The van der Waals surface area contributed by atoms with Crippen LogP contribution in [0, 0.1) is 0 Å². The molecule has 0 unspecified atom stereocenters. The number of fused-ring (bicyclic) bond motifs is 1. The van der Waals surface area contributed by atoms with Gasteiger partial charge < -0.3 is 15.3 Å². The summed E-state index contributed by atoms with van der Waals surface area (Å²) in [6.45, 7) is -0.130. The smallest absolute Gasteiger partial charge is 0.265 e. The summed E-state index contributed by atoms with van der Waals surface area (Å²) in [7, 11) is 0. The molecule has 3 aromatic rings. The molecule has 0 aliphatic carbocycles. The van der Waals surface area contributed by atoms with Crippen LogP contribution in [0.15, 0.2) is 30.9 Å². The van der Waals surface area contributed by atoms with E-state index in [9.17, 15) is 18.7 Å². The quantitative estimate of drug-likeness (QED) is 0.682. The molecule has 0 aromatic carbocycles. The summed E-state index contributed by atoms with van der Waals surface area (Å²) in [6, 6.07) is 1.69. The van der Waals surface area contributed by atoms with Crippen molar-refractivity contribution in [2.75, 3.05) is 29.9 Å². The molecule has 0 saturated carbocycles. The van der Waals surface area contributed by atoms with Crippen LogP contribution in [0.3, 0.4) is 0 Å². The van der Waals surface area contributed by atoms with Gasteiger partial charge in [0.05, 0.1) is 32.1 Å². The Bertz CT molecular complexity index is 1000. The molecule has 4 rings (SSSR count). The number of nitrogens with zero attached hydrogens (tertiary/aromatic N) is 6. The number of aromatic nitrogens is 5. The molecule has 11 heteroatoms. The first kappa shape index (κ1) is 18.3. The van der Waals surface area contributed by atoms with E-state index in [4.69, 9.17) is 0 Å². The number of anilines is 2. The highest BCUT2D eigenvalue weighted by Crippen LogP contribution is 2.34. The fourth-order valence-electron chi connectivity index (χ4n) is 3.38. The molecule has 1 aliphatic heterocycles. The molecule has 1 amide bonds. The number of carbonyl (C=O) groups is 1. The molecular weight excluding hydrogens is 372 g/mol. The lowest BCUT2D eigenvalue weighted by Crippen LogP contribution is -2.44. The van der Waals surface area contributed by atoms with Gasteiger partial charge in [-0.2, -0.15) is 10.2 Å². The van der Waals surface area contributed by atoms with Crippen LogP contribution in [0.4, 0.5) is 20.3 Å². The maximum absolute atomic E-state index is 13.9. The largest absolute Gasteiger partial charge is 0.394 e. The minimum atomic E-state index is -2.82. The second-order valence-electron chi connectivity index (χ2n) is 6.61. The van der Waals surface area contributed by atoms with Crippen LogP contribution in [0.1, 0.15) is 23.2 Å². The number of aliphatic hydroxyl groups is 1. The Morgan fingerprint density at radius 3 is 2.96 bits per heavy atom. The zero-order valence-electron chi connectivity index (χ0n) is 14.9. The van der Waals surface area contributed by atoms with Gasteiger partial charge in [0.1, 0.15) is 11.3 Å². The molecule has 28 heavy (non-hydrogen) atoms. The molecule has 0 spiro atoms. The zero-order valence-corrected chi connectivity index (χ0v) is 14.9. The molecule has 1 fully saturated rings. The third-order valence-electron chi connectivity index (χ3n) is 4.59. The summed E-state index contributed by atoms with van der Waals surface area (Å²) >= 11 is 0. The van der Waals surface area contributed by atoms with Gasteiger partial charge in [0.15, 0.2) is 11.5 Å². The van der Waals surface area contributed by atoms with Gasteiger partial charge in [-0.15, -0.1) is 0 Å². The average molecular weight is 391 g/mol. The highest BCUT2D eigenvalue weighted by Gasteiger charge is 2.37. The van der Waals surface area contributed by atoms with E-state index < -0.39 is 18.4 Å². The van der Waals surface area contributed by atoms with Crippen molar-refractivity contribution in [3.8, 4) is 0 Å². The van der Waals surface area contributed by atoms with E-state index in [1.54, 1.807) is 18.5 Å². The SMILES string of the molecule is O=C(Nc1cnn(CCO)c1N1CCCC(F)(F)C1)c1cnn2cccnc12. The van der Waals surface area contributed by atoms with Gasteiger partial charge in [0, 0.05) is 25.4 Å². The molecule has 0 atom stereocenters. The Labute approximate surface area is 158 Å². The van der Waals surface area contributed by atoms with Gasteiger partial charge in [-0.05, 0) is 12.5 Å². The van der Waals surface area contributed by atoms with Crippen molar-refractivity contribution >= 4 is 23.1 Å². The van der Waals surface area contributed by atoms with Crippen molar-refractivity contribution in [1.82, 2.24) is 24.4 Å². The Hall–Kier alpha value is -3.08. The summed E-state index contributed by atoms with van der Waals surface area (Å²) in [5.41, 5.74) is 0.936. The highest BCUT2D eigenvalue weighted by molar-refractivity contribution is 6.09. The van der Waals surface area contributed by atoms with Crippen LogP contribution in [0.2, 0.25) is 0 Å². The number of alkyl halides is 2. The fourth-order valence-corrected chi connectivity index (χ4v) is 3.38. The van der Waals surface area contributed by atoms with Crippen LogP contribution in [0.25, 0.3) is 5.65 Å². The number of carbonyl (C=O) groups excluding carboxylic acids is 1. The van der Waals surface area contributed by atoms with E-state index in [1.807, 2.05) is 0 Å². The van der Waals surface area contributed by atoms with E-state index in [1.165, 1.54) is 26.5 Å². The van der Waals surface area contributed by atoms with Crippen LogP contribution in [0.5, 0.6) is 0 Å². The van der Waals surface area contributed by atoms with Crippen molar-refractivity contribution < 1.29 is 18.7 Å². The van der Waals surface area contributed by atoms with Crippen LogP contribution < -0.4 is 10.2 Å². The number of aliphatic hydroxyl groups excluding tert-OH is 1. The zero-order chi connectivity index (χ0) is 19.7. The Balaban J connectivity index is 1.65. The monoisotopic (exact) mass is 391 g/mol. The Morgan fingerprint density at radius 2 is 2.18 bits per heavy atom. The number of nitrogens with one attached hydrogen (secondary N) is 1. The van der Waals surface area contributed by atoms with Crippen molar-refractivity contribution in [1.29, 1.82) is 0 Å². The van der Waals surface area contributed by atoms with Crippen LogP contribution in [-0.2, 0) is 6.54 Å². The van der Waals surface area contributed by atoms with Crippen LogP contribution >= 0.6 is 0 Å². The highest BCUT2D eigenvalue weighted by atomic mass is 19.3. The lowest BCUT2D eigenvalue weighted by molar-refractivity contribution is -0.0120. The second kappa shape index (κ2) is 7.15. The van der Waals surface area contributed by atoms with E-state index in [2.05, 4.69) is 20.5 Å². The van der Waals surface area contributed by atoms with Gasteiger partial charge in [0.2, 0.25) is 0 Å². The first-order chi connectivity index (χ1) is 13.5. The maximum atomic E-state index is 13.9. The van der Waals surface area contributed by atoms with Gasteiger partial charge in [-0.1, -0.05) is 0 Å². The van der Waals surface area contributed by atoms with Gasteiger partial charge >= 0.3 is 0 Å². The summed E-state index contributed by atoms with van der Waals surface area (Å²) in [6.07, 6.45) is 6.16. The number of hydrogen-bond acceptors (Lipinski definition) is 6. The number of amides is 1. The van der Waals surface area contributed by atoms with Gasteiger partial charge in [-0.25, -0.2) is 23.0 Å². The number of halogens is 2. The maximum Gasteiger partial charge on any atom is 0.265 e. The van der Waals surface area contributed by atoms with Crippen molar-refractivity contribution in [2.24, 2.45) is 0 Å². The summed E-state index contributed by atoms with van der Waals surface area (Å²) in [5, 5.41) is 20.2. The molecule has 0 radical (unpaired) electrons. The molecule has 1 saturated heterocycles. The van der Waals surface area contributed by atoms with E-state index in [0.29, 0.717) is 30.1 Å². The molecule has 0 bridgehead atoms. The number of piperidine rings is 1. The van der Waals surface area contributed by atoms with Crippen molar-refractivity contribution in [3.63, 3.8) is 0 Å². The third kappa shape index (κ3) is 3.40. The molecule has 148 valence electrons. The molecule has 4 heterocycles. The second-order valence-corrected chi connectivity index (χ2v) is 6.61. The molecule has 2 N–H and O–H groups in total. The topological polar surface area (TPSA) is 101 Å². The summed E-state index contributed by atoms with van der Waals surface area (Å²) < 4.78 is 30.7. The predicted octanol–water partition coefficient (Wildman–Crippen LogP) is 1.41. The van der Waals surface area contributed by atoms with Crippen molar-refractivity contribution in [3.05, 3.63) is 36.4 Å².